The highest BCUT2D eigenvalue weighted by molar-refractivity contribution is 5.79. The van der Waals surface area contributed by atoms with Gasteiger partial charge in [0, 0.05) is 0 Å². The molecule has 0 amide bonds. The van der Waals surface area contributed by atoms with E-state index in [4.69, 9.17) is 10.2 Å². The van der Waals surface area contributed by atoms with Crippen LogP contribution in [0, 0.1) is 0 Å². The SMILES string of the molecule is CN1[C@H](C(=O)O)CC[C@H]1C(=O)O. The van der Waals surface area contributed by atoms with E-state index in [-0.39, 0.29) is 0 Å². The fraction of sp³-hybridized carbons (Fsp3) is 0.714. The number of carboxylic acids is 2. The van der Waals surface area contributed by atoms with E-state index < -0.39 is 24.0 Å². The van der Waals surface area contributed by atoms with Crippen LogP contribution >= 0.6 is 0 Å². The fourth-order valence-electron chi connectivity index (χ4n) is 1.54. The van der Waals surface area contributed by atoms with Gasteiger partial charge in [0.2, 0.25) is 0 Å². The molecule has 1 aliphatic heterocycles. The van der Waals surface area contributed by atoms with Gasteiger partial charge in [-0.1, -0.05) is 0 Å². The molecular formula is C7H11NO4. The van der Waals surface area contributed by atoms with Gasteiger partial charge in [0.25, 0.3) is 0 Å². The van der Waals surface area contributed by atoms with E-state index in [2.05, 4.69) is 0 Å². The van der Waals surface area contributed by atoms with Gasteiger partial charge in [-0.05, 0) is 19.9 Å². The first-order valence-corrected chi connectivity index (χ1v) is 3.71. The van der Waals surface area contributed by atoms with Gasteiger partial charge >= 0.3 is 11.9 Å². The summed E-state index contributed by atoms with van der Waals surface area (Å²) in [5.74, 6) is -1.89. The van der Waals surface area contributed by atoms with Gasteiger partial charge in [0.05, 0.1) is 0 Å². The lowest BCUT2D eigenvalue weighted by molar-refractivity contribution is -0.145. The number of hydrogen-bond acceptors (Lipinski definition) is 3. The van der Waals surface area contributed by atoms with Crippen molar-refractivity contribution >= 4 is 11.9 Å². The molecule has 2 N–H and O–H groups in total. The zero-order valence-electron chi connectivity index (χ0n) is 6.73. The molecule has 5 heteroatoms. The highest BCUT2D eigenvalue weighted by atomic mass is 16.4. The first kappa shape index (κ1) is 8.99. The highest BCUT2D eigenvalue weighted by Crippen LogP contribution is 2.22. The lowest BCUT2D eigenvalue weighted by Gasteiger charge is -2.19. The Kier molecular flexibility index (Phi) is 2.32. The fourth-order valence-corrected chi connectivity index (χ4v) is 1.54. The zero-order valence-corrected chi connectivity index (χ0v) is 6.73. The molecule has 1 rings (SSSR count). The largest absolute Gasteiger partial charge is 0.480 e. The molecule has 2 atom stereocenters. The van der Waals surface area contributed by atoms with Gasteiger partial charge < -0.3 is 10.2 Å². The molecule has 1 fully saturated rings. The zero-order chi connectivity index (χ0) is 9.30. The minimum Gasteiger partial charge on any atom is -0.480 e. The number of likely N-dealkylation sites (N-methyl/N-ethyl adjacent to an activating group) is 1. The van der Waals surface area contributed by atoms with Gasteiger partial charge in [-0.2, -0.15) is 0 Å². The molecule has 0 spiro atoms. The monoisotopic (exact) mass is 173 g/mol. The predicted octanol–water partition coefficient (Wildman–Crippen LogP) is -0.382. The van der Waals surface area contributed by atoms with E-state index >= 15 is 0 Å². The molecule has 1 aliphatic rings. The summed E-state index contributed by atoms with van der Waals surface area (Å²) in [6.07, 6.45) is 0.839. The predicted molar refractivity (Wildman–Crippen MR) is 39.8 cm³/mol. The Morgan fingerprint density at radius 2 is 1.50 bits per heavy atom. The minimum absolute atomic E-state index is 0.419. The maximum absolute atomic E-state index is 10.5. The van der Waals surface area contributed by atoms with Crippen LogP contribution in [0.25, 0.3) is 0 Å². The van der Waals surface area contributed by atoms with Gasteiger partial charge in [-0.15, -0.1) is 0 Å². The summed E-state index contributed by atoms with van der Waals surface area (Å²) < 4.78 is 0. The third-order valence-electron chi connectivity index (χ3n) is 2.27. The summed E-state index contributed by atoms with van der Waals surface area (Å²) in [5, 5.41) is 17.3. The Hall–Kier alpha value is -1.10. The first-order valence-electron chi connectivity index (χ1n) is 3.71. The number of carboxylic acid groups (broad SMARTS) is 2. The summed E-state index contributed by atoms with van der Waals surface area (Å²) in [6, 6.07) is -1.27. The maximum Gasteiger partial charge on any atom is 0.320 e. The van der Waals surface area contributed by atoms with Crippen LogP contribution in [0.3, 0.4) is 0 Å². The average Bonchev–Trinajstić information content (AvgIpc) is 2.30. The molecule has 0 aromatic rings. The number of rotatable bonds is 2. The van der Waals surface area contributed by atoms with Crippen LogP contribution in [-0.2, 0) is 9.59 Å². The normalized spacial score (nSPS) is 30.4. The Morgan fingerprint density at radius 1 is 1.17 bits per heavy atom. The number of nitrogens with zero attached hydrogens (tertiary/aromatic N) is 1. The van der Waals surface area contributed by atoms with Crippen molar-refractivity contribution in [1.29, 1.82) is 0 Å². The Bertz CT molecular complexity index is 193. The molecule has 0 saturated carbocycles. The first-order chi connectivity index (χ1) is 5.54. The lowest BCUT2D eigenvalue weighted by atomic mass is 10.2. The quantitative estimate of drug-likeness (QED) is 0.595. The molecule has 0 radical (unpaired) electrons. The van der Waals surface area contributed by atoms with Crippen molar-refractivity contribution in [2.45, 2.75) is 24.9 Å². The number of carbonyl (C=O) groups is 2. The van der Waals surface area contributed by atoms with Crippen LogP contribution in [0.4, 0.5) is 0 Å². The molecular weight excluding hydrogens is 162 g/mol. The van der Waals surface area contributed by atoms with Gasteiger partial charge in [-0.25, -0.2) is 0 Å². The van der Waals surface area contributed by atoms with Crippen molar-refractivity contribution in [2.75, 3.05) is 7.05 Å². The van der Waals surface area contributed by atoms with Gasteiger partial charge in [-0.3, -0.25) is 14.5 Å². The number of hydrogen-bond donors (Lipinski definition) is 2. The van der Waals surface area contributed by atoms with Crippen molar-refractivity contribution in [3.8, 4) is 0 Å². The highest BCUT2D eigenvalue weighted by Gasteiger charge is 2.38. The van der Waals surface area contributed by atoms with E-state index in [1.807, 2.05) is 0 Å². The molecule has 0 unspecified atom stereocenters. The lowest BCUT2D eigenvalue weighted by Crippen LogP contribution is -2.41. The third-order valence-corrected chi connectivity index (χ3v) is 2.27. The Balaban J connectivity index is 2.67. The summed E-state index contributed by atoms with van der Waals surface area (Å²) in [5.41, 5.74) is 0. The van der Waals surface area contributed by atoms with Crippen molar-refractivity contribution in [2.24, 2.45) is 0 Å². The molecule has 0 aromatic carbocycles. The van der Waals surface area contributed by atoms with Crippen molar-refractivity contribution in [3.05, 3.63) is 0 Å². The van der Waals surface area contributed by atoms with Crippen LogP contribution < -0.4 is 0 Å². The number of aliphatic carboxylic acids is 2. The Labute approximate surface area is 69.6 Å². The van der Waals surface area contributed by atoms with Crippen molar-refractivity contribution < 1.29 is 19.8 Å². The van der Waals surface area contributed by atoms with Gasteiger partial charge in [0.15, 0.2) is 0 Å². The second kappa shape index (κ2) is 3.10. The van der Waals surface area contributed by atoms with E-state index in [0.717, 1.165) is 0 Å². The number of likely N-dealkylation sites (tertiary alicyclic amines) is 1. The maximum atomic E-state index is 10.5. The smallest absolute Gasteiger partial charge is 0.320 e. The molecule has 0 aromatic heterocycles. The van der Waals surface area contributed by atoms with Crippen LogP contribution in [0.2, 0.25) is 0 Å². The molecule has 0 aliphatic carbocycles. The summed E-state index contributed by atoms with van der Waals surface area (Å²) in [6.45, 7) is 0. The van der Waals surface area contributed by atoms with Gasteiger partial charge in [0.1, 0.15) is 12.1 Å². The molecule has 68 valence electrons. The molecule has 1 heterocycles. The van der Waals surface area contributed by atoms with Crippen LogP contribution in [0.1, 0.15) is 12.8 Å². The summed E-state index contributed by atoms with van der Waals surface area (Å²) in [7, 11) is 1.53. The van der Waals surface area contributed by atoms with Crippen LogP contribution in [0.5, 0.6) is 0 Å². The molecule has 1 saturated heterocycles. The van der Waals surface area contributed by atoms with E-state index in [1.54, 1.807) is 0 Å². The van der Waals surface area contributed by atoms with Crippen LogP contribution in [0.15, 0.2) is 0 Å². The second-order valence-corrected chi connectivity index (χ2v) is 2.95. The second-order valence-electron chi connectivity index (χ2n) is 2.95. The summed E-state index contributed by atoms with van der Waals surface area (Å²) in [4.78, 5) is 22.5. The van der Waals surface area contributed by atoms with Crippen LogP contribution in [-0.4, -0.2) is 46.2 Å². The van der Waals surface area contributed by atoms with E-state index in [9.17, 15) is 9.59 Å². The van der Waals surface area contributed by atoms with E-state index in [0.29, 0.717) is 12.8 Å². The third kappa shape index (κ3) is 1.40. The summed E-state index contributed by atoms with van der Waals surface area (Å²) >= 11 is 0. The molecule has 12 heavy (non-hydrogen) atoms. The van der Waals surface area contributed by atoms with Crippen molar-refractivity contribution in [1.82, 2.24) is 4.90 Å². The minimum atomic E-state index is -0.943. The van der Waals surface area contributed by atoms with Crippen molar-refractivity contribution in [3.63, 3.8) is 0 Å². The molecule has 0 bridgehead atoms. The van der Waals surface area contributed by atoms with E-state index in [1.165, 1.54) is 11.9 Å². The average molecular weight is 173 g/mol. The Morgan fingerprint density at radius 3 is 1.67 bits per heavy atom. The standard InChI is InChI=1S/C7H11NO4/c1-8-4(6(9)10)2-3-5(8)7(11)12/h4-5H,2-3H2,1H3,(H,9,10)(H,11,12)/t4-,5-/m0/s1. The molecule has 5 nitrogen and oxygen atoms in total. The topological polar surface area (TPSA) is 77.8 Å².